The van der Waals surface area contributed by atoms with E-state index in [-0.39, 0.29) is 10.9 Å². The number of hydrogen-bond donors (Lipinski definition) is 1. The highest BCUT2D eigenvalue weighted by Gasteiger charge is 2.20. The Bertz CT molecular complexity index is 993. The molecule has 1 aromatic carbocycles. The quantitative estimate of drug-likeness (QED) is 0.652. The molecule has 0 saturated heterocycles. The molecule has 8 heteroatoms. The van der Waals surface area contributed by atoms with Crippen molar-refractivity contribution in [2.75, 3.05) is 12.4 Å². The third kappa shape index (κ3) is 3.63. The monoisotopic (exact) mass is 390 g/mol. The number of benzene rings is 1. The van der Waals surface area contributed by atoms with Crippen LogP contribution >= 0.6 is 22.9 Å². The first-order valence-electron chi connectivity index (χ1n) is 7.62. The normalized spacial score (nSPS) is 10.6. The largest absolute Gasteiger partial charge is 0.465 e. The number of nitrogens with zero attached hydrogens (tertiary/aromatic N) is 1. The molecule has 2 aromatic heterocycles. The summed E-state index contributed by atoms with van der Waals surface area (Å²) in [7, 11) is 1.28. The van der Waals surface area contributed by atoms with Crippen molar-refractivity contribution in [3.63, 3.8) is 0 Å². The predicted molar refractivity (Wildman–Crippen MR) is 100 cm³/mol. The molecular weight excluding hydrogens is 376 g/mol. The average Bonchev–Trinajstić information content (AvgIpc) is 3.23. The number of carbonyl (C=O) groups excluding carboxylic acids is 2. The van der Waals surface area contributed by atoms with E-state index in [0.717, 1.165) is 22.5 Å². The van der Waals surface area contributed by atoms with Crippen molar-refractivity contribution in [2.24, 2.45) is 0 Å². The molecule has 0 spiro atoms. The zero-order valence-electron chi connectivity index (χ0n) is 14.3. The van der Waals surface area contributed by atoms with E-state index in [1.807, 2.05) is 19.1 Å². The van der Waals surface area contributed by atoms with Gasteiger partial charge in [-0.25, -0.2) is 9.78 Å². The van der Waals surface area contributed by atoms with Gasteiger partial charge in [0.2, 0.25) is 0 Å². The second kappa shape index (κ2) is 7.31. The number of esters is 1. The molecule has 0 saturated carbocycles. The van der Waals surface area contributed by atoms with Crippen LogP contribution in [0.15, 0.2) is 34.7 Å². The summed E-state index contributed by atoms with van der Waals surface area (Å²) in [6.07, 6.45) is 0. The van der Waals surface area contributed by atoms with Crippen molar-refractivity contribution in [3.05, 3.63) is 56.5 Å². The zero-order chi connectivity index (χ0) is 18.8. The molecular formula is C18H15ClN2O4S. The van der Waals surface area contributed by atoms with E-state index < -0.39 is 11.9 Å². The van der Waals surface area contributed by atoms with Gasteiger partial charge in [0.15, 0.2) is 10.9 Å². The number of furan rings is 1. The summed E-state index contributed by atoms with van der Waals surface area (Å²) < 4.78 is 10.3. The van der Waals surface area contributed by atoms with Crippen LogP contribution in [0.25, 0.3) is 11.3 Å². The van der Waals surface area contributed by atoms with E-state index in [4.69, 9.17) is 16.0 Å². The highest BCUT2D eigenvalue weighted by molar-refractivity contribution is 7.15. The van der Waals surface area contributed by atoms with Crippen LogP contribution in [-0.4, -0.2) is 24.0 Å². The van der Waals surface area contributed by atoms with Crippen molar-refractivity contribution in [1.82, 2.24) is 4.98 Å². The number of ether oxygens (including phenoxy) is 1. The lowest BCUT2D eigenvalue weighted by atomic mass is 10.1. The van der Waals surface area contributed by atoms with Gasteiger partial charge >= 0.3 is 5.97 Å². The minimum atomic E-state index is -0.518. The number of nitrogens with one attached hydrogen (secondary N) is 1. The van der Waals surface area contributed by atoms with E-state index in [9.17, 15) is 9.59 Å². The van der Waals surface area contributed by atoms with Gasteiger partial charge in [-0.05, 0) is 31.5 Å². The van der Waals surface area contributed by atoms with E-state index in [1.165, 1.54) is 7.11 Å². The zero-order valence-corrected chi connectivity index (χ0v) is 15.8. The summed E-state index contributed by atoms with van der Waals surface area (Å²) in [6, 6.07) is 8.96. The molecule has 0 atom stereocenters. The van der Waals surface area contributed by atoms with Crippen LogP contribution in [0.2, 0.25) is 5.02 Å². The minimum absolute atomic E-state index is 0.152. The second-order valence-corrected chi connectivity index (χ2v) is 6.91. The van der Waals surface area contributed by atoms with Gasteiger partial charge in [0.1, 0.15) is 10.6 Å². The summed E-state index contributed by atoms with van der Waals surface area (Å²) in [5.41, 5.74) is 2.22. The molecule has 0 unspecified atom stereocenters. The first-order chi connectivity index (χ1) is 12.4. The fraction of sp³-hybridized carbons (Fsp3) is 0.167. The topological polar surface area (TPSA) is 81.4 Å². The maximum absolute atomic E-state index is 12.3. The Balaban J connectivity index is 1.77. The van der Waals surface area contributed by atoms with E-state index in [2.05, 4.69) is 15.0 Å². The lowest BCUT2D eigenvalue weighted by molar-refractivity contribution is 0.0605. The second-order valence-electron chi connectivity index (χ2n) is 5.51. The van der Waals surface area contributed by atoms with Crippen molar-refractivity contribution < 1.29 is 18.7 Å². The average molecular weight is 391 g/mol. The number of carbonyl (C=O) groups is 2. The number of thiazole rings is 1. The fourth-order valence-electron chi connectivity index (χ4n) is 2.25. The summed E-state index contributed by atoms with van der Waals surface area (Å²) in [5, 5.41) is 3.42. The number of halogens is 1. The lowest BCUT2D eigenvalue weighted by Crippen LogP contribution is -2.10. The molecule has 0 aliphatic rings. The Hall–Kier alpha value is -2.64. The maximum atomic E-state index is 12.3. The molecule has 0 radical (unpaired) electrons. The molecule has 3 rings (SSSR count). The van der Waals surface area contributed by atoms with Crippen molar-refractivity contribution in [1.29, 1.82) is 0 Å². The molecule has 3 aromatic rings. The van der Waals surface area contributed by atoms with Crippen LogP contribution in [0.1, 0.15) is 30.7 Å². The van der Waals surface area contributed by atoms with Gasteiger partial charge < -0.3 is 9.15 Å². The molecule has 6 nitrogen and oxygen atoms in total. The van der Waals surface area contributed by atoms with E-state index in [0.29, 0.717) is 21.4 Å². The number of methoxy groups -OCH3 is 1. The maximum Gasteiger partial charge on any atom is 0.349 e. The van der Waals surface area contributed by atoms with Crippen molar-refractivity contribution in [2.45, 2.75) is 13.8 Å². The Morgan fingerprint density at radius 1 is 1.23 bits per heavy atom. The smallest absolute Gasteiger partial charge is 0.349 e. The third-order valence-corrected chi connectivity index (χ3v) is 5.20. The van der Waals surface area contributed by atoms with Crippen molar-refractivity contribution in [3.8, 4) is 11.3 Å². The Kier molecular flexibility index (Phi) is 5.11. The van der Waals surface area contributed by atoms with Crippen LogP contribution in [-0.2, 0) is 4.74 Å². The third-order valence-electron chi connectivity index (χ3n) is 3.66. The van der Waals surface area contributed by atoms with E-state index in [1.54, 1.807) is 25.1 Å². The van der Waals surface area contributed by atoms with Gasteiger partial charge in [-0.1, -0.05) is 23.7 Å². The number of amides is 1. The summed E-state index contributed by atoms with van der Waals surface area (Å²) in [5.74, 6) is -0.131. The first-order valence-corrected chi connectivity index (χ1v) is 8.82. The fourth-order valence-corrected chi connectivity index (χ4v) is 3.31. The number of aryl methyl sites for hydroxylation is 2. The van der Waals surface area contributed by atoms with Crippen molar-refractivity contribution >= 4 is 40.7 Å². The van der Waals surface area contributed by atoms with E-state index >= 15 is 0 Å². The SMILES string of the molecule is COC(=O)c1sc(C(=O)Nc2ccc(-c3ccc(C)c(Cl)c3)o2)nc1C. The molecule has 1 amide bonds. The summed E-state index contributed by atoms with van der Waals surface area (Å²) in [6.45, 7) is 3.56. The van der Waals surface area contributed by atoms with Gasteiger partial charge in [-0.15, -0.1) is 11.3 Å². The molecule has 26 heavy (non-hydrogen) atoms. The highest BCUT2D eigenvalue weighted by atomic mass is 35.5. The summed E-state index contributed by atoms with van der Waals surface area (Å²) >= 11 is 7.10. The highest BCUT2D eigenvalue weighted by Crippen LogP contribution is 2.29. The molecule has 134 valence electrons. The lowest BCUT2D eigenvalue weighted by Gasteiger charge is -2.02. The molecule has 0 fully saturated rings. The standard InChI is InChI=1S/C18H15ClN2O4S/c1-9-4-5-11(8-12(9)19)13-6-7-14(25-13)21-16(22)17-20-10(2)15(26-17)18(23)24-3/h4-8H,1-3H3,(H,21,22). The van der Waals surface area contributed by atoms with Gasteiger partial charge in [-0.2, -0.15) is 0 Å². The molecule has 2 heterocycles. The summed E-state index contributed by atoms with van der Waals surface area (Å²) in [4.78, 5) is 28.4. The predicted octanol–water partition coefficient (Wildman–Crippen LogP) is 4.71. The molecule has 0 aliphatic carbocycles. The van der Waals surface area contributed by atoms with Gasteiger partial charge in [-0.3, -0.25) is 10.1 Å². The Morgan fingerprint density at radius 3 is 2.69 bits per heavy atom. The van der Waals surface area contributed by atoms with Gasteiger partial charge in [0.25, 0.3) is 5.91 Å². The Labute approximate surface area is 158 Å². The first kappa shape index (κ1) is 18.2. The number of hydrogen-bond acceptors (Lipinski definition) is 6. The van der Waals surface area contributed by atoms with Crippen LogP contribution in [0, 0.1) is 13.8 Å². The van der Waals surface area contributed by atoms with Gasteiger partial charge in [0.05, 0.1) is 12.8 Å². The van der Waals surface area contributed by atoms with Crippen LogP contribution < -0.4 is 5.32 Å². The molecule has 0 aliphatic heterocycles. The number of anilines is 1. The number of aromatic nitrogens is 1. The molecule has 0 bridgehead atoms. The van der Waals surface area contributed by atoms with Crippen LogP contribution in [0.5, 0.6) is 0 Å². The van der Waals surface area contributed by atoms with Gasteiger partial charge in [0, 0.05) is 16.7 Å². The van der Waals surface area contributed by atoms with Crippen LogP contribution in [0.4, 0.5) is 5.88 Å². The molecule has 1 N–H and O–H groups in total. The minimum Gasteiger partial charge on any atom is -0.465 e. The Morgan fingerprint density at radius 2 is 2.00 bits per heavy atom. The number of rotatable bonds is 4. The van der Waals surface area contributed by atoms with Crippen LogP contribution in [0.3, 0.4) is 0 Å².